The Morgan fingerprint density at radius 1 is 1.62 bits per heavy atom. The molecule has 0 amide bonds. The van der Waals surface area contributed by atoms with Crippen LogP contribution in [-0.4, -0.2) is 37.7 Å². The van der Waals surface area contributed by atoms with Crippen LogP contribution in [0.15, 0.2) is 0 Å². The average molecular weight is 228 g/mol. The van der Waals surface area contributed by atoms with E-state index in [2.05, 4.69) is 0 Å². The molecule has 0 aliphatic carbocycles. The molecule has 78 valence electrons. The average Bonchev–Trinajstić information content (AvgIpc) is 2.55. The molecule has 0 radical (unpaired) electrons. The molecule has 1 aliphatic heterocycles. The van der Waals surface area contributed by atoms with Crippen LogP contribution in [-0.2, 0) is 14.9 Å². The first kappa shape index (κ1) is 11.2. The molecule has 0 N–H and O–H groups in total. The molecule has 1 atom stereocenters. The topological polar surface area (TPSA) is 46.6 Å². The van der Waals surface area contributed by atoms with Gasteiger partial charge in [-0.05, 0) is 12.3 Å². The fourth-order valence-electron chi connectivity index (χ4n) is 1.13. The quantitative estimate of drug-likeness (QED) is 0.669. The van der Waals surface area contributed by atoms with Crippen molar-refractivity contribution in [1.29, 1.82) is 0 Å². The Balaban J connectivity index is 2.54. The first-order valence-electron chi connectivity index (χ1n) is 4.25. The molecule has 1 aliphatic rings. The largest absolute Gasteiger partial charge is 0.284 e. The Morgan fingerprint density at radius 2 is 2.31 bits per heavy atom. The van der Waals surface area contributed by atoms with Crippen LogP contribution >= 0.6 is 11.6 Å². The second kappa shape index (κ2) is 4.59. The summed E-state index contributed by atoms with van der Waals surface area (Å²) in [4.78, 5) is 4.97. The third kappa shape index (κ3) is 3.09. The van der Waals surface area contributed by atoms with Gasteiger partial charge in [-0.3, -0.25) is 4.84 Å². The first-order chi connectivity index (χ1) is 6.06. The summed E-state index contributed by atoms with van der Waals surface area (Å²) in [5.41, 5.74) is 0. The van der Waals surface area contributed by atoms with Gasteiger partial charge in [0.1, 0.15) is 0 Å². The third-order valence-corrected chi connectivity index (χ3v) is 4.21. The van der Waals surface area contributed by atoms with Crippen molar-refractivity contribution >= 4 is 21.6 Å². The van der Waals surface area contributed by atoms with Crippen molar-refractivity contribution in [3.8, 4) is 0 Å². The Labute approximate surface area is 83.8 Å². The van der Waals surface area contributed by atoms with E-state index < -0.39 is 10.0 Å². The van der Waals surface area contributed by atoms with Crippen molar-refractivity contribution < 1.29 is 13.3 Å². The smallest absolute Gasteiger partial charge is 0.236 e. The molecule has 0 aromatic rings. The minimum absolute atomic E-state index is 0.0316. The zero-order chi connectivity index (χ0) is 9.90. The highest BCUT2D eigenvalue weighted by molar-refractivity contribution is 7.88. The van der Waals surface area contributed by atoms with E-state index in [1.165, 1.54) is 0 Å². The van der Waals surface area contributed by atoms with E-state index >= 15 is 0 Å². The van der Waals surface area contributed by atoms with Crippen LogP contribution in [0.1, 0.15) is 13.3 Å². The molecule has 0 saturated carbocycles. The minimum atomic E-state index is -3.24. The molecular formula is C7H14ClNO3S. The highest BCUT2D eigenvalue weighted by atomic mass is 35.5. The number of sulfonamides is 1. The lowest BCUT2D eigenvalue weighted by atomic mass is 10.3. The van der Waals surface area contributed by atoms with E-state index in [4.69, 9.17) is 16.4 Å². The molecule has 1 heterocycles. The fourth-order valence-corrected chi connectivity index (χ4v) is 3.02. The first-order valence-corrected chi connectivity index (χ1v) is 6.40. The van der Waals surface area contributed by atoms with Crippen LogP contribution in [0, 0.1) is 5.92 Å². The van der Waals surface area contributed by atoms with Crippen LogP contribution < -0.4 is 0 Å². The van der Waals surface area contributed by atoms with Gasteiger partial charge in [-0.1, -0.05) is 11.4 Å². The number of hydroxylamine groups is 1. The number of rotatable bonds is 4. The zero-order valence-electron chi connectivity index (χ0n) is 7.57. The summed E-state index contributed by atoms with van der Waals surface area (Å²) >= 11 is 5.54. The monoisotopic (exact) mass is 227 g/mol. The van der Waals surface area contributed by atoms with Crippen molar-refractivity contribution in [1.82, 2.24) is 4.47 Å². The summed E-state index contributed by atoms with van der Waals surface area (Å²) in [5.74, 6) is 0.389. The molecule has 4 nitrogen and oxygen atoms in total. The zero-order valence-corrected chi connectivity index (χ0v) is 9.14. The Kier molecular flexibility index (Phi) is 3.97. The van der Waals surface area contributed by atoms with E-state index in [1.807, 2.05) is 0 Å². The number of alkyl halides is 1. The van der Waals surface area contributed by atoms with Gasteiger partial charge in [-0.15, -0.1) is 11.6 Å². The standard InChI is InChI=1S/C7H14ClNO3S/c1-7(5-8)6-13(10,11)9-3-2-4-12-9/h7H,2-6H2,1H3. The van der Waals surface area contributed by atoms with Gasteiger partial charge in [0, 0.05) is 12.4 Å². The lowest BCUT2D eigenvalue weighted by Crippen LogP contribution is -2.31. The molecule has 1 rings (SSSR count). The predicted molar refractivity (Wildman–Crippen MR) is 50.9 cm³/mol. The summed E-state index contributed by atoms with van der Waals surface area (Å²) in [6.45, 7) is 2.77. The Morgan fingerprint density at radius 3 is 2.77 bits per heavy atom. The summed E-state index contributed by atoms with van der Waals surface area (Å²) in [5, 5.41) is 0. The van der Waals surface area contributed by atoms with Gasteiger partial charge < -0.3 is 0 Å². The van der Waals surface area contributed by atoms with Crippen molar-refractivity contribution in [2.24, 2.45) is 5.92 Å². The van der Waals surface area contributed by atoms with Crippen molar-refractivity contribution in [2.75, 3.05) is 24.8 Å². The second-order valence-corrected chi connectivity index (χ2v) is 5.46. The molecule has 6 heteroatoms. The lowest BCUT2D eigenvalue weighted by molar-refractivity contribution is -0.0286. The van der Waals surface area contributed by atoms with Crippen LogP contribution in [0.2, 0.25) is 0 Å². The Bertz CT molecular complexity index is 248. The molecule has 0 aromatic carbocycles. The molecule has 1 unspecified atom stereocenters. The van der Waals surface area contributed by atoms with Crippen LogP contribution in [0.4, 0.5) is 0 Å². The van der Waals surface area contributed by atoms with Crippen LogP contribution in [0.5, 0.6) is 0 Å². The van der Waals surface area contributed by atoms with E-state index in [9.17, 15) is 8.42 Å². The van der Waals surface area contributed by atoms with Crippen LogP contribution in [0.3, 0.4) is 0 Å². The van der Waals surface area contributed by atoms with Crippen molar-refractivity contribution in [3.05, 3.63) is 0 Å². The van der Waals surface area contributed by atoms with E-state index in [-0.39, 0.29) is 11.7 Å². The molecule has 13 heavy (non-hydrogen) atoms. The molecule has 0 bridgehead atoms. The molecule has 1 fully saturated rings. The second-order valence-electron chi connectivity index (χ2n) is 3.25. The van der Waals surface area contributed by atoms with E-state index in [0.717, 1.165) is 10.9 Å². The van der Waals surface area contributed by atoms with E-state index in [1.54, 1.807) is 6.92 Å². The highest BCUT2D eigenvalue weighted by Crippen LogP contribution is 2.14. The molecule has 0 aromatic heterocycles. The predicted octanol–water partition coefficient (Wildman–Crippen LogP) is 0.828. The summed E-state index contributed by atoms with van der Waals surface area (Å²) in [7, 11) is -3.24. The summed E-state index contributed by atoms with van der Waals surface area (Å²) in [6, 6.07) is 0. The molecule has 1 saturated heterocycles. The van der Waals surface area contributed by atoms with Gasteiger partial charge in [-0.2, -0.15) is 0 Å². The Hall–Kier alpha value is 0.160. The maximum Gasteiger partial charge on any atom is 0.236 e. The maximum atomic E-state index is 11.5. The molecular weight excluding hydrogens is 214 g/mol. The normalized spacial score (nSPS) is 22.0. The van der Waals surface area contributed by atoms with Gasteiger partial charge >= 0.3 is 0 Å². The number of nitrogens with zero attached hydrogens (tertiary/aromatic N) is 1. The lowest BCUT2D eigenvalue weighted by Gasteiger charge is -2.16. The minimum Gasteiger partial charge on any atom is -0.284 e. The maximum absolute atomic E-state index is 11.5. The SMILES string of the molecule is CC(CCl)CS(=O)(=O)N1CCCO1. The summed E-state index contributed by atoms with van der Waals surface area (Å²) in [6.07, 6.45) is 0.772. The molecule has 0 spiro atoms. The van der Waals surface area contributed by atoms with Gasteiger partial charge in [0.2, 0.25) is 10.0 Å². The highest BCUT2D eigenvalue weighted by Gasteiger charge is 2.28. The van der Waals surface area contributed by atoms with Gasteiger partial charge in [0.25, 0.3) is 0 Å². The number of hydrogen-bond acceptors (Lipinski definition) is 3. The van der Waals surface area contributed by atoms with Crippen molar-refractivity contribution in [2.45, 2.75) is 13.3 Å². The van der Waals surface area contributed by atoms with Crippen LogP contribution in [0.25, 0.3) is 0 Å². The summed E-state index contributed by atoms with van der Waals surface area (Å²) < 4.78 is 24.2. The number of hydrogen-bond donors (Lipinski definition) is 0. The van der Waals surface area contributed by atoms with E-state index in [0.29, 0.717) is 19.0 Å². The van der Waals surface area contributed by atoms with Gasteiger partial charge in [0.15, 0.2) is 0 Å². The third-order valence-electron chi connectivity index (χ3n) is 1.79. The van der Waals surface area contributed by atoms with Gasteiger partial charge in [-0.25, -0.2) is 8.42 Å². The van der Waals surface area contributed by atoms with Crippen molar-refractivity contribution in [3.63, 3.8) is 0 Å². The number of halogens is 1. The van der Waals surface area contributed by atoms with Gasteiger partial charge in [0.05, 0.1) is 12.4 Å². The fraction of sp³-hybridized carbons (Fsp3) is 1.00.